The Morgan fingerprint density at radius 3 is 2.71 bits per heavy atom. The molecule has 3 heteroatoms. The van der Waals surface area contributed by atoms with Crippen LogP contribution in [0.5, 0.6) is 5.75 Å². The van der Waals surface area contributed by atoms with Gasteiger partial charge in [-0.25, -0.2) is 0 Å². The van der Waals surface area contributed by atoms with Crippen LogP contribution in [0.1, 0.15) is 25.0 Å². The van der Waals surface area contributed by atoms with Crippen molar-refractivity contribution < 1.29 is 9.53 Å². The zero-order chi connectivity index (χ0) is 15.0. The average Bonchev–Trinajstić information content (AvgIpc) is 2.82. The second-order valence-corrected chi connectivity index (χ2v) is 5.38. The van der Waals surface area contributed by atoms with E-state index in [1.54, 1.807) is 6.92 Å². The van der Waals surface area contributed by atoms with E-state index in [1.165, 1.54) is 5.39 Å². The van der Waals surface area contributed by atoms with Crippen LogP contribution in [0.4, 0.5) is 0 Å². The van der Waals surface area contributed by atoms with Crippen LogP contribution >= 0.6 is 0 Å². The quantitative estimate of drug-likeness (QED) is 0.780. The number of carbonyl (C=O) groups is 1. The summed E-state index contributed by atoms with van der Waals surface area (Å²) in [5.41, 5.74) is 4.23. The van der Waals surface area contributed by atoms with Gasteiger partial charge in [0.15, 0.2) is 0 Å². The van der Waals surface area contributed by atoms with Gasteiger partial charge in [0.05, 0.1) is 12.1 Å². The molecule has 0 saturated carbocycles. The highest BCUT2D eigenvalue weighted by Crippen LogP contribution is 2.35. The summed E-state index contributed by atoms with van der Waals surface area (Å²) in [5, 5.41) is 2.29. The predicted molar refractivity (Wildman–Crippen MR) is 86.1 cm³/mol. The van der Waals surface area contributed by atoms with Crippen LogP contribution in [0, 0.1) is 6.92 Å². The van der Waals surface area contributed by atoms with E-state index in [9.17, 15) is 4.79 Å². The average molecular weight is 281 g/mol. The van der Waals surface area contributed by atoms with E-state index in [2.05, 4.69) is 23.2 Å². The first-order valence-corrected chi connectivity index (χ1v) is 7.27. The lowest BCUT2D eigenvalue weighted by Gasteiger charge is -2.12. The minimum absolute atomic E-state index is 0.159. The predicted octanol–water partition coefficient (Wildman–Crippen LogP) is 4.16. The minimum atomic E-state index is 0.159. The molecule has 2 aromatic carbocycles. The Kier molecular flexibility index (Phi) is 3.42. The Labute approximate surface area is 123 Å². The maximum Gasteiger partial charge on any atom is 0.134 e. The van der Waals surface area contributed by atoms with Crippen LogP contribution in [-0.4, -0.2) is 17.4 Å². The Morgan fingerprint density at radius 2 is 2.00 bits per heavy atom. The summed E-state index contributed by atoms with van der Waals surface area (Å²) < 4.78 is 5.76. The Hall–Kier alpha value is -2.29. The van der Waals surface area contributed by atoms with Crippen molar-refractivity contribution in [3.05, 3.63) is 41.5 Å². The van der Waals surface area contributed by atoms with Crippen molar-refractivity contribution in [2.75, 3.05) is 6.61 Å². The van der Waals surface area contributed by atoms with Gasteiger partial charge < -0.3 is 9.72 Å². The number of hydrogen-bond donors (Lipinski definition) is 1. The van der Waals surface area contributed by atoms with Crippen molar-refractivity contribution in [3.8, 4) is 5.75 Å². The molecule has 0 saturated heterocycles. The fourth-order valence-electron chi connectivity index (χ4n) is 2.90. The Morgan fingerprint density at radius 1 is 1.24 bits per heavy atom. The van der Waals surface area contributed by atoms with Crippen molar-refractivity contribution in [3.63, 3.8) is 0 Å². The number of Topliss-reactive ketones (excluding diaryl/α,β-unsaturated/α-hetero) is 1. The molecule has 0 spiro atoms. The third kappa shape index (κ3) is 2.29. The first-order chi connectivity index (χ1) is 10.1. The van der Waals surface area contributed by atoms with E-state index in [0.29, 0.717) is 13.0 Å². The molecule has 0 amide bonds. The lowest BCUT2D eigenvalue weighted by molar-refractivity contribution is -0.116. The summed E-state index contributed by atoms with van der Waals surface area (Å²) in [6, 6.07) is 10.3. The lowest BCUT2D eigenvalue weighted by atomic mass is 9.98. The topological polar surface area (TPSA) is 42.1 Å². The van der Waals surface area contributed by atoms with Gasteiger partial charge in [0.2, 0.25) is 0 Å². The number of aromatic amines is 1. The van der Waals surface area contributed by atoms with E-state index < -0.39 is 0 Å². The molecule has 0 fully saturated rings. The van der Waals surface area contributed by atoms with Gasteiger partial charge in [0.1, 0.15) is 11.5 Å². The van der Waals surface area contributed by atoms with Gasteiger partial charge in [0.25, 0.3) is 0 Å². The number of fused-ring (bicyclic) bond motifs is 3. The van der Waals surface area contributed by atoms with Crippen LogP contribution in [0.2, 0.25) is 0 Å². The maximum absolute atomic E-state index is 11.6. The normalized spacial score (nSPS) is 11.2. The zero-order valence-electron chi connectivity index (χ0n) is 12.6. The third-order valence-corrected chi connectivity index (χ3v) is 3.87. The fraction of sp³-hybridized carbons (Fsp3) is 0.278. The highest BCUT2D eigenvalue weighted by atomic mass is 16.5. The van der Waals surface area contributed by atoms with Gasteiger partial charge in [-0.2, -0.15) is 0 Å². The van der Waals surface area contributed by atoms with E-state index in [-0.39, 0.29) is 5.78 Å². The molecule has 0 atom stereocenters. The molecule has 1 N–H and O–H groups in total. The molecule has 108 valence electrons. The molecule has 0 aliphatic heterocycles. The van der Waals surface area contributed by atoms with Crippen LogP contribution in [0.3, 0.4) is 0 Å². The number of aromatic nitrogens is 1. The summed E-state index contributed by atoms with van der Waals surface area (Å²) in [4.78, 5) is 15.1. The van der Waals surface area contributed by atoms with Crippen LogP contribution in [0.15, 0.2) is 30.3 Å². The standard InChI is InChI=1S/C18H19NO2/c1-4-21-17-10-15-13-7-5-6-8-16(13)19-18(15)14(12(17)3)9-11(2)20/h5-8,10,19H,4,9H2,1-3H3. The zero-order valence-corrected chi connectivity index (χ0v) is 12.6. The number of rotatable bonds is 4. The molecule has 0 bridgehead atoms. The maximum atomic E-state index is 11.6. The highest BCUT2D eigenvalue weighted by molar-refractivity contribution is 6.09. The number of H-pyrrole nitrogens is 1. The molecule has 3 rings (SSSR count). The lowest BCUT2D eigenvalue weighted by Crippen LogP contribution is -2.03. The van der Waals surface area contributed by atoms with E-state index in [0.717, 1.165) is 33.3 Å². The van der Waals surface area contributed by atoms with Gasteiger partial charge in [-0.1, -0.05) is 18.2 Å². The van der Waals surface area contributed by atoms with Crippen LogP contribution in [-0.2, 0) is 11.2 Å². The van der Waals surface area contributed by atoms with E-state index in [4.69, 9.17) is 4.74 Å². The number of nitrogens with one attached hydrogen (secondary N) is 1. The molecular formula is C18H19NO2. The summed E-state index contributed by atoms with van der Waals surface area (Å²) in [6.45, 7) is 6.24. The molecule has 3 nitrogen and oxygen atoms in total. The number of para-hydroxylation sites is 1. The third-order valence-electron chi connectivity index (χ3n) is 3.87. The van der Waals surface area contributed by atoms with Gasteiger partial charge >= 0.3 is 0 Å². The molecule has 21 heavy (non-hydrogen) atoms. The van der Waals surface area contributed by atoms with Gasteiger partial charge in [0, 0.05) is 22.7 Å². The van der Waals surface area contributed by atoms with E-state index in [1.807, 2.05) is 26.0 Å². The summed E-state index contributed by atoms with van der Waals surface area (Å²) in [6.07, 6.45) is 0.427. The SMILES string of the molecule is CCOc1cc2c([nH]c3ccccc32)c(CC(C)=O)c1C. The van der Waals surface area contributed by atoms with Crippen molar-refractivity contribution in [2.45, 2.75) is 27.2 Å². The van der Waals surface area contributed by atoms with E-state index >= 15 is 0 Å². The van der Waals surface area contributed by atoms with Crippen molar-refractivity contribution in [2.24, 2.45) is 0 Å². The second-order valence-electron chi connectivity index (χ2n) is 5.38. The fourth-order valence-corrected chi connectivity index (χ4v) is 2.90. The first kappa shape index (κ1) is 13.7. The number of ketones is 1. The molecule has 1 heterocycles. The molecular weight excluding hydrogens is 262 g/mol. The number of hydrogen-bond acceptors (Lipinski definition) is 2. The largest absolute Gasteiger partial charge is 0.494 e. The van der Waals surface area contributed by atoms with Crippen molar-refractivity contribution in [1.82, 2.24) is 4.98 Å². The second kappa shape index (κ2) is 5.24. The monoisotopic (exact) mass is 281 g/mol. The van der Waals surface area contributed by atoms with Gasteiger partial charge in [-0.05, 0) is 44.0 Å². The smallest absolute Gasteiger partial charge is 0.134 e. The molecule has 3 aromatic rings. The Bertz CT molecular complexity index is 830. The van der Waals surface area contributed by atoms with Crippen molar-refractivity contribution in [1.29, 1.82) is 0 Å². The summed E-state index contributed by atoms with van der Waals surface area (Å²) >= 11 is 0. The molecule has 0 aliphatic rings. The molecule has 0 aliphatic carbocycles. The minimum Gasteiger partial charge on any atom is -0.494 e. The van der Waals surface area contributed by atoms with Crippen molar-refractivity contribution >= 4 is 27.6 Å². The Balaban J connectivity index is 2.38. The van der Waals surface area contributed by atoms with Gasteiger partial charge in [-0.3, -0.25) is 4.79 Å². The number of carbonyl (C=O) groups excluding carboxylic acids is 1. The number of ether oxygens (including phenoxy) is 1. The molecule has 0 radical (unpaired) electrons. The molecule has 1 aromatic heterocycles. The number of benzene rings is 2. The van der Waals surface area contributed by atoms with Gasteiger partial charge in [-0.15, -0.1) is 0 Å². The molecule has 0 unspecified atom stereocenters. The first-order valence-electron chi connectivity index (χ1n) is 7.27. The highest BCUT2D eigenvalue weighted by Gasteiger charge is 2.16. The summed E-state index contributed by atoms with van der Waals surface area (Å²) in [7, 11) is 0. The van der Waals surface area contributed by atoms with Crippen LogP contribution in [0.25, 0.3) is 21.8 Å². The van der Waals surface area contributed by atoms with Crippen LogP contribution < -0.4 is 4.74 Å². The summed E-state index contributed by atoms with van der Waals surface area (Å²) in [5.74, 6) is 1.03.